The molecule has 0 aromatic heterocycles. The third-order valence-electron chi connectivity index (χ3n) is 4.39. The molecular weight excluding hydrogens is 408 g/mol. The molecule has 0 atom stereocenters. The topological polar surface area (TPSA) is 75.7 Å². The molecule has 158 valence electrons. The Balaban J connectivity index is 2.01. The molecule has 29 heavy (non-hydrogen) atoms. The molecule has 0 aliphatic rings. The molecule has 2 aromatic rings. The Kier molecular flexibility index (Phi) is 9.00. The van der Waals surface area contributed by atoms with E-state index in [1.807, 2.05) is 18.2 Å². The van der Waals surface area contributed by atoms with Crippen LogP contribution in [0.1, 0.15) is 29.8 Å². The molecule has 0 spiro atoms. The molecule has 0 heterocycles. The predicted molar refractivity (Wildman–Crippen MR) is 118 cm³/mol. The molecule has 0 saturated heterocycles. The fourth-order valence-corrected chi connectivity index (χ4v) is 5.28. The molecule has 0 fully saturated rings. The Morgan fingerprint density at radius 3 is 2.41 bits per heavy atom. The van der Waals surface area contributed by atoms with E-state index in [0.717, 1.165) is 11.5 Å². The minimum Gasteiger partial charge on any atom is -0.495 e. The van der Waals surface area contributed by atoms with Gasteiger partial charge in [0.15, 0.2) is 0 Å². The van der Waals surface area contributed by atoms with Gasteiger partial charge in [0.25, 0.3) is 5.91 Å². The summed E-state index contributed by atoms with van der Waals surface area (Å²) in [6.07, 6.45) is 0. The van der Waals surface area contributed by atoms with Crippen molar-refractivity contribution in [1.29, 1.82) is 0 Å². The number of hydrogen-bond donors (Lipinski definition) is 1. The maximum Gasteiger partial charge on any atom is 0.251 e. The summed E-state index contributed by atoms with van der Waals surface area (Å²) < 4.78 is 32.3. The van der Waals surface area contributed by atoms with Crippen molar-refractivity contribution in [2.45, 2.75) is 24.5 Å². The summed E-state index contributed by atoms with van der Waals surface area (Å²) in [5.41, 5.74) is 1.54. The normalized spacial score (nSPS) is 11.4. The molecule has 0 aliphatic carbocycles. The van der Waals surface area contributed by atoms with Gasteiger partial charge < -0.3 is 10.1 Å². The van der Waals surface area contributed by atoms with E-state index in [1.54, 1.807) is 31.7 Å². The summed E-state index contributed by atoms with van der Waals surface area (Å²) in [6, 6.07) is 14.6. The van der Waals surface area contributed by atoms with E-state index in [9.17, 15) is 13.2 Å². The number of methoxy groups -OCH3 is 1. The summed E-state index contributed by atoms with van der Waals surface area (Å²) in [6.45, 7) is 4.74. The summed E-state index contributed by atoms with van der Waals surface area (Å²) in [5.74, 6) is 1.57. The number of amides is 1. The van der Waals surface area contributed by atoms with Crippen LogP contribution in [-0.2, 0) is 15.8 Å². The number of carbonyl (C=O) groups is 1. The molecule has 1 N–H and O–H groups in total. The molecule has 0 aliphatic heterocycles. The van der Waals surface area contributed by atoms with Crippen molar-refractivity contribution in [3.63, 3.8) is 0 Å². The average Bonchev–Trinajstić information content (AvgIpc) is 2.74. The monoisotopic (exact) mass is 436 g/mol. The number of benzene rings is 2. The van der Waals surface area contributed by atoms with Gasteiger partial charge in [0.05, 0.1) is 7.11 Å². The zero-order chi connectivity index (χ0) is 21.3. The van der Waals surface area contributed by atoms with Gasteiger partial charge >= 0.3 is 0 Å². The number of rotatable bonds is 11. The van der Waals surface area contributed by atoms with Crippen molar-refractivity contribution in [2.75, 3.05) is 32.5 Å². The van der Waals surface area contributed by atoms with Gasteiger partial charge in [-0.15, -0.1) is 0 Å². The summed E-state index contributed by atoms with van der Waals surface area (Å²) in [5, 5.41) is 2.85. The first-order chi connectivity index (χ1) is 13.9. The molecule has 2 aromatic carbocycles. The minimum absolute atomic E-state index is 0.00908. The first-order valence-corrected chi connectivity index (χ1v) is 12.1. The second-order valence-electron chi connectivity index (χ2n) is 6.25. The summed E-state index contributed by atoms with van der Waals surface area (Å²) in [4.78, 5) is 12.5. The second kappa shape index (κ2) is 11.2. The lowest BCUT2D eigenvalue weighted by molar-refractivity contribution is 0.0956. The van der Waals surface area contributed by atoms with Gasteiger partial charge in [-0.25, -0.2) is 8.42 Å². The van der Waals surface area contributed by atoms with Gasteiger partial charge in [-0.3, -0.25) is 4.79 Å². The smallest absolute Gasteiger partial charge is 0.251 e. The van der Waals surface area contributed by atoms with Crippen LogP contribution in [0.3, 0.4) is 0 Å². The Morgan fingerprint density at radius 2 is 1.79 bits per heavy atom. The first kappa shape index (κ1) is 23.3. The van der Waals surface area contributed by atoms with E-state index in [2.05, 4.69) is 17.4 Å². The molecule has 0 saturated carbocycles. The molecule has 0 radical (unpaired) electrons. The van der Waals surface area contributed by atoms with E-state index in [1.165, 1.54) is 29.1 Å². The Labute approximate surface area is 177 Å². The third kappa shape index (κ3) is 6.22. The van der Waals surface area contributed by atoms with Crippen molar-refractivity contribution < 1.29 is 17.9 Å². The van der Waals surface area contributed by atoms with Crippen LogP contribution >= 0.6 is 11.8 Å². The number of hydrogen-bond acceptors (Lipinski definition) is 5. The molecule has 0 bridgehead atoms. The number of thioether (sulfide) groups is 1. The van der Waals surface area contributed by atoms with E-state index in [0.29, 0.717) is 25.2 Å². The number of sulfonamides is 1. The third-order valence-corrected chi connectivity index (χ3v) is 7.49. The van der Waals surface area contributed by atoms with E-state index in [-0.39, 0.29) is 16.6 Å². The van der Waals surface area contributed by atoms with Crippen LogP contribution in [0, 0.1) is 0 Å². The zero-order valence-corrected chi connectivity index (χ0v) is 18.7. The van der Waals surface area contributed by atoms with Gasteiger partial charge in [-0.05, 0) is 23.8 Å². The van der Waals surface area contributed by atoms with Crippen LogP contribution < -0.4 is 10.1 Å². The molecular formula is C21H28N2O4S2. The van der Waals surface area contributed by atoms with Gasteiger partial charge in [0.1, 0.15) is 10.6 Å². The molecule has 0 unspecified atom stereocenters. The van der Waals surface area contributed by atoms with Crippen LogP contribution in [0.5, 0.6) is 5.75 Å². The van der Waals surface area contributed by atoms with Crippen LogP contribution in [0.15, 0.2) is 53.4 Å². The fourth-order valence-electron chi connectivity index (χ4n) is 2.83. The Morgan fingerprint density at radius 1 is 1.10 bits per heavy atom. The van der Waals surface area contributed by atoms with Crippen molar-refractivity contribution in [3.8, 4) is 5.75 Å². The number of nitrogens with zero attached hydrogens (tertiary/aromatic N) is 1. The Bertz CT molecular complexity index is 898. The van der Waals surface area contributed by atoms with Crippen LogP contribution in [-0.4, -0.2) is 51.1 Å². The predicted octanol–water partition coefficient (Wildman–Crippen LogP) is 3.39. The van der Waals surface area contributed by atoms with Gasteiger partial charge in [0.2, 0.25) is 10.0 Å². The highest BCUT2D eigenvalue weighted by Gasteiger charge is 2.26. The maximum atomic E-state index is 12.9. The second-order valence-corrected chi connectivity index (χ2v) is 9.26. The van der Waals surface area contributed by atoms with Crippen molar-refractivity contribution in [1.82, 2.24) is 9.62 Å². The van der Waals surface area contributed by atoms with Crippen molar-refractivity contribution in [3.05, 3.63) is 59.7 Å². The van der Waals surface area contributed by atoms with Crippen molar-refractivity contribution in [2.24, 2.45) is 0 Å². The van der Waals surface area contributed by atoms with Gasteiger partial charge in [-0.2, -0.15) is 16.1 Å². The standard InChI is InChI=1S/C21H28N2O4S2/c1-4-23(5-2)29(25,26)20-15-18(11-12-19(20)27-3)21(24)22-13-14-28-16-17-9-7-6-8-10-17/h6-12,15H,4-5,13-14,16H2,1-3H3,(H,22,24). The van der Waals surface area contributed by atoms with Crippen LogP contribution in [0.4, 0.5) is 0 Å². The quantitative estimate of drug-likeness (QED) is 0.547. The Hall–Kier alpha value is -2.03. The van der Waals surface area contributed by atoms with E-state index < -0.39 is 10.0 Å². The van der Waals surface area contributed by atoms with E-state index in [4.69, 9.17) is 4.74 Å². The highest BCUT2D eigenvalue weighted by atomic mass is 32.2. The van der Waals surface area contributed by atoms with Gasteiger partial charge in [0, 0.05) is 36.7 Å². The lowest BCUT2D eigenvalue weighted by Gasteiger charge is -2.20. The number of ether oxygens (including phenoxy) is 1. The molecule has 6 nitrogen and oxygen atoms in total. The first-order valence-electron chi connectivity index (χ1n) is 9.52. The van der Waals surface area contributed by atoms with Crippen molar-refractivity contribution >= 4 is 27.7 Å². The molecule has 2 rings (SSSR count). The highest BCUT2D eigenvalue weighted by Crippen LogP contribution is 2.28. The zero-order valence-electron chi connectivity index (χ0n) is 17.1. The lowest BCUT2D eigenvalue weighted by Crippen LogP contribution is -2.31. The largest absolute Gasteiger partial charge is 0.495 e. The van der Waals surface area contributed by atoms with Gasteiger partial charge in [-0.1, -0.05) is 44.2 Å². The fraction of sp³-hybridized carbons (Fsp3) is 0.381. The highest BCUT2D eigenvalue weighted by molar-refractivity contribution is 7.98. The SMILES string of the molecule is CCN(CC)S(=O)(=O)c1cc(C(=O)NCCSCc2ccccc2)ccc1OC. The van der Waals surface area contributed by atoms with E-state index >= 15 is 0 Å². The molecule has 8 heteroatoms. The number of carbonyl (C=O) groups excluding carboxylic acids is 1. The summed E-state index contributed by atoms with van der Waals surface area (Å²) in [7, 11) is -2.32. The lowest BCUT2D eigenvalue weighted by atomic mass is 10.2. The van der Waals surface area contributed by atoms with Crippen LogP contribution in [0.2, 0.25) is 0 Å². The molecule has 1 amide bonds. The summed E-state index contributed by atoms with van der Waals surface area (Å²) >= 11 is 1.73. The van der Waals surface area contributed by atoms with Crippen LogP contribution in [0.25, 0.3) is 0 Å². The maximum absolute atomic E-state index is 12.9. The minimum atomic E-state index is -3.74. The average molecular weight is 437 g/mol. The number of nitrogens with one attached hydrogen (secondary N) is 1.